The number of methoxy groups -OCH3 is 1. The Balaban J connectivity index is 3.88. The minimum atomic E-state index is -0.622. The third-order valence-corrected chi connectivity index (χ3v) is 3.05. The van der Waals surface area contributed by atoms with Gasteiger partial charge < -0.3 is 19.5 Å². The first-order valence-electron chi connectivity index (χ1n) is 7.49. The van der Waals surface area contributed by atoms with E-state index in [4.69, 9.17) is 14.2 Å². The average molecular weight is 289 g/mol. The monoisotopic (exact) mass is 289 g/mol. The van der Waals surface area contributed by atoms with E-state index in [1.807, 2.05) is 20.8 Å². The average Bonchev–Trinajstić information content (AvgIpc) is 2.42. The molecule has 0 radical (unpaired) electrons. The van der Waals surface area contributed by atoms with Crippen LogP contribution in [0.15, 0.2) is 0 Å². The molecule has 0 aliphatic heterocycles. The molecule has 0 saturated heterocycles. The Labute approximate surface area is 123 Å². The van der Waals surface area contributed by atoms with Crippen LogP contribution in [0.4, 0.5) is 0 Å². The van der Waals surface area contributed by atoms with E-state index in [2.05, 4.69) is 12.2 Å². The predicted octanol–water partition coefficient (Wildman–Crippen LogP) is 2.14. The van der Waals surface area contributed by atoms with Gasteiger partial charge in [-0.2, -0.15) is 0 Å². The molecule has 20 heavy (non-hydrogen) atoms. The minimum Gasteiger partial charge on any atom is -0.468 e. The highest BCUT2D eigenvalue weighted by Gasteiger charge is 2.32. The summed E-state index contributed by atoms with van der Waals surface area (Å²) in [6.07, 6.45) is 2.73. The van der Waals surface area contributed by atoms with Crippen LogP contribution in [0.2, 0.25) is 0 Å². The van der Waals surface area contributed by atoms with Crippen molar-refractivity contribution in [1.82, 2.24) is 5.32 Å². The van der Waals surface area contributed by atoms with Crippen molar-refractivity contribution in [2.75, 3.05) is 33.5 Å². The van der Waals surface area contributed by atoms with Crippen molar-refractivity contribution in [2.24, 2.45) is 0 Å². The molecule has 0 aromatic rings. The van der Waals surface area contributed by atoms with Crippen molar-refractivity contribution < 1.29 is 19.0 Å². The van der Waals surface area contributed by atoms with Crippen LogP contribution in [0.3, 0.4) is 0 Å². The van der Waals surface area contributed by atoms with E-state index in [0.29, 0.717) is 26.2 Å². The molecule has 0 saturated carbocycles. The second kappa shape index (κ2) is 11.1. The summed E-state index contributed by atoms with van der Waals surface area (Å²) >= 11 is 0. The van der Waals surface area contributed by atoms with Gasteiger partial charge in [0.25, 0.3) is 0 Å². The Morgan fingerprint density at radius 1 is 1.25 bits per heavy atom. The number of hydrogen-bond donors (Lipinski definition) is 1. The van der Waals surface area contributed by atoms with Gasteiger partial charge in [0.1, 0.15) is 5.54 Å². The largest absolute Gasteiger partial charge is 0.468 e. The summed E-state index contributed by atoms with van der Waals surface area (Å²) in [4.78, 5) is 11.8. The third kappa shape index (κ3) is 8.51. The molecule has 0 bridgehead atoms. The fourth-order valence-corrected chi connectivity index (χ4v) is 1.86. The molecule has 0 aromatic heterocycles. The maximum absolute atomic E-state index is 11.8. The number of ether oxygens (including phenoxy) is 3. The lowest BCUT2D eigenvalue weighted by Crippen LogP contribution is -2.50. The van der Waals surface area contributed by atoms with E-state index in [9.17, 15) is 4.79 Å². The van der Waals surface area contributed by atoms with Gasteiger partial charge in [-0.05, 0) is 46.6 Å². The van der Waals surface area contributed by atoms with Crippen molar-refractivity contribution in [3.05, 3.63) is 0 Å². The van der Waals surface area contributed by atoms with Gasteiger partial charge in [-0.25, -0.2) is 0 Å². The Hall–Kier alpha value is -0.650. The molecule has 0 amide bonds. The van der Waals surface area contributed by atoms with Gasteiger partial charge in [0.15, 0.2) is 0 Å². The molecule has 1 N–H and O–H groups in total. The SMILES string of the molecule is CCCNC(C)(CCCOCCOC(C)C)C(=O)OC. The highest BCUT2D eigenvalue weighted by atomic mass is 16.5. The second-order valence-corrected chi connectivity index (χ2v) is 5.39. The fraction of sp³-hybridized carbons (Fsp3) is 0.933. The van der Waals surface area contributed by atoms with Crippen LogP contribution in [0.1, 0.15) is 47.0 Å². The van der Waals surface area contributed by atoms with Crippen molar-refractivity contribution in [3.8, 4) is 0 Å². The summed E-state index contributed by atoms with van der Waals surface area (Å²) in [5.74, 6) is -0.214. The normalized spacial score (nSPS) is 14.3. The molecule has 0 fully saturated rings. The predicted molar refractivity (Wildman–Crippen MR) is 79.9 cm³/mol. The van der Waals surface area contributed by atoms with E-state index in [1.165, 1.54) is 7.11 Å². The molecule has 5 nitrogen and oxygen atoms in total. The number of rotatable bonds is 12. The maximum atomic E-state index is 11.8. The van der Waals surface area contributed by atoms with Gasteiger partial charge in [-0.3, -0.25) is 4.79 Å². The number of carbonyl (C=O) groups excluding carboxylic acids is 1. The summed E-state index contributed by atoms with van der Waals surface area (Å²) in [6, 6.07) is 0. The van der Waals surface area contributed by atoms with Crippen LogP contribution in [-0.4, -0.2) is 51.1 Å². The summed E-state index contributed by atoms with van der Waals surface area (Å²) in [6.45, 7) is 10.6. The molecule has 120 valence electrons. The lowest BCUT2D eigenvalue weighted by Gasteiger charge is -2.28. The summed E-state index contributed by atoms with van der Waals surface area (Å²) in [5.41, 5.74) is -0.622. The quantitative estimate of drug-likeness (QED) is 0.440. The standard InChI is InChI=1S/C15H31NO4/c1-6-9-16-15(4,14(17)18-5)8-7-10-19-11-12-20-13(2)3/h13,16H,6-12H2,1-5H3. The Bertz CT molecular complexity index is 258. The van der Waals surface area contributed by atoms with E-state index < -0.39 is 5.54 Å². The number of esters is 1. The van der Waals surface area contributed by atoms with Crippen LogP contribution in [0, 0.1) is 0 Å². The third-order valence-electron chi connectivity index (χ3n) is 3.05. The molecule has 1 atom stereocenters. The molecular formula is C15H31NO4. The smallest absolute Gasteiger partial charge is 0.325 e. The Morgan fingerprint density at radius 3 is 2.50 bits per heavy atom. The first-order chi connectivity index (χ1) is 9.46. The molecule has 0 heterocycles. The summed E-state index contributed by atoms with van der Waals surface area (Å²) in [7, 11) is 1.42. The number of hydrogen-bond acceptors (Lipinski definition) is 5. The molecule has 0 rings (SSSR count). The highest BCUT2D eigenvalue weighted by molar-refractivity contribution is 5.80. The Morgan fingerprint density at radius 2 is 1.95 bits per heavy atom. The lowest BCUT2D eigenvalue weighted by atomic mass is 9.96. The zero-order valence-corrected chi connectivity index (χ0v) is 13.7. The highest BCUT2D eigenvalue weighted by Crippen LogP contribution is 2.14. The van der Waals surface area contributed by atoms with Crippen LogP contribution in [0.5, 0.6) is 0 Å². The van der Waals surface area contributed by atoms with E-state index >= 15 is 0 Å². The van der Waals surface area contributed by atoms with Crippen LogP contribution >= 0.6 is 0 Å². The van der Waals surface area contributed by atoms with Gasteiger partial charge in [0, 0.05) is 6.61 Å². The van der Waals surface area contributed by atoms with Gasteiger partial charge in [-0.1, -0.05) is 6.92 Å². The van der Waals surface area contributed by atoms with Crippen LogP contribution in [-0.2, 0) is 19.0 Å². The van der Waals surface area contributed by atoms with E-state index in [0.717, 1.165) is 19.4 Å². The van der Waals surface area contributed by atoms with Crippen LogP contribution < -0.4 is 5.32 Å². The molecule has 1 unspecified atom stereocenters. The first kappa shape index (κ1) is 19.4. The lowest BCUT2D eigenvalue weighted by molar-refractivity contribution is -0.148. The van der Waals surface area contributed by atoms with Crippen molar-refractivity contribution in [1.29, 1.82) is 0 Å². The summed E-state index contributed by atoms with van der Waals surface area (Å²) < 4.78 is 15.8. The fourth-order valence-electron chi connectivity index (χ4n) is 1.86. The maximum Gasteiger partial charge on any atom is 0.325 e. The van der Waals surface area contributed by atoms with Gasteiger partial charge in [0.05, 0.1) is 26.4 Å². The molecule has 0 spiro atoms. The van der Waals surface area contributed by atoms with E-state index in [1.54, 1.807) is 0 Å². The Kier molecular flexibility index (Phi) is 10.7. The van der Waals surface area contributed by atoms with Crippen molar-refractivity contribution in [3.63, 3.8) is 0 Å². The number of carbonyl (C=O) groups is 1. The molecule has 0 aromatic carbocycles. The molecule has 0 aliphatic carbocycles. The molecule has 0 aliphatic rings. The second-order valence-electron chi connectivity index (χ2n) is 5.39. The zero-order valence-electron chi connectivity index (χ0n) is 13.7. The molecule has 5 heteroatoms. The first-order valence-corrected chi connectivity index (χ1v) is 7.49. The molecular weight excluding hydrogens is 258 g/mol. The van der Waals surface area contributed by atoms with Gasteiger partial charge in [-0.15, -0.1) is 0 Å². The summed E-state index contributed by atoms with van der Waals surface area (Å²) in [5, 5.41) is 3.26. The van der Waals surface area contributed by atoms with Gasteiger partial charge in [0.2, 0.25) is 0 Å². The number of nitrogens with one attached hydrogen (secondary N) is 1. The van der Waals surface area contributed by atoms with Crippen LogP contribution in [0.25, 0.3) is 0 Å². The van der Waals surface area contributed by atoms with E-state index in [-0.39, 0.29) is 12.1 Å². The van der Waals surface area contributed by atoms with Crippen molar-refractivity contribution in [2.45, 2.75) is 58.6 Å². The van der Waals surface area contributed by atoms with Crippen molar-refractivity contribution >= 4 is 5.97 Å². The minimum absolute atomic E-state index is 0.214. The zero-order chi connectivity index (χ0) is 15.4. The topological polar surface area (TPSA) is 56.8 Å². The van der Waals surface area contributed by atoms with Gasteiger partial charge >= 0.3 is 5.97 Å².